The zero-order valence-electron chi connectivity index (χ0n) is 14.0. The summed E-state index contributed by atoms with van der Waals surface area (Å²) in [5.74, 6) is 0.263. The van der Waals surface area contributed by atoms with E-state index in [0.717, 1.165) is 25.1 Å². The maximum atomic E-state index is 12.7. The van der Waals surface area contributed by atoms with Crippen LogP contribution in [-0.4, -0.2) is 48.5 Å². The lowest BCUT2D eigenvalue weighted by Crippen LogP contribution is -2.33. The molecule has 1 amide bonds. The number of benzene rings is 1. The molecule has 0 radical (unpaired) electrons. The van der Waals surface area contributed by atoms with Gasteiger partial charge in [0.1, 0.15) is 6.61 Å². The predicted molar refractivity (Wildman–Crippen MR) is 93.9 cm³/mol. The fourth-order valence-corrected chi connectivity index (χ4v) is 2.76. The first-order valence-electron chi connectivity index (χ1n) is 8.46. The third-order valence-electron chi connectivity index (χ3n) is 4.06. The van der Waals surface area contributed by atoms with E-state index in [9.17, 15) is 9.90 Å². The highest BCUT2D eigenvalue weighted by Gasteiger charge is 2.19. The Balaban J connectivity index is 1.66. The molecule has 6 heteroatoms. The topological polar surface area (TPSA) is 71.9 Å². The highest BCUT2D eigenvalue weighted by Crippen LogP contribution is 2.18. The van der Waals surface area contributed by atoms with Crippen LogP contribution in [0.15, 0.2) is 48.7 Å². The molecule has 1 atom stereocenters. The van der Waals surface area contributed by atoms with Gasteiger partial charge < -0.3 is 19.5 Å². The number of nitrogens with zero attached hydrogens (tertiary/aromatic N) is 2. The number of aliphatic hydroxyl groups is 1. The van der Waals surface area contributed by atoms with Crippen molar-refractivity contribution in [3.8, 4) is 5.88 Å². The summed E-state index contributed by atoms with van der Waals surface area (Å²) in [5, 5.41) is 9.27. The molecule has 1 aromatic carbocycles. The van der Waals surface area contributed by atoms with Gasteiger partial charge in [0.15, 0.2) is 0 Å². The van der Waals surface area contributed by atoms with Crippen LogP contribution in [0.25, 0.3) is 0 Å². The summed E-state index contributed by atoms with van der Waals surface area (Å²) in [6.07, 6.45) is 3.69. The molecule has 1 aliphatic heterocycles. The SMILES string of the molecule is O=C(c1ccc(OC[C@@H]2CCCO2)nc1)N(CCO)c1ccccc1. The molecule has 1 aromatic heterocycles. The Morgan fingerprint density at radius 1 is 1.28 bits per heavy atom. The average molecular weight is 342 g/mol. The number of ether oxygens (including phenoxy) is 2. The summed E-state index contributed by atoms with van der Waals surface area (Å²) >= 11 is 0. The first-order chi connectivity index (χ1) is 12.3. The second kappa shape index (κ2) is 8.60. The number of aromatic nitrogens is 1. The molecule has 3 rings (SSSR count). The Kier molecular flexibility index (Phi) is 5.98. The van der Waals surface area contributed by atoms with Crippen molar-refractivity contribution in [2.45, 2.75) is 18.9 Å². The van der Waals surface area contributed by atoms with Crippen molar-refractivity contribution >= 4 is 11.6 Å². The van der Waals surface area contributed by atoms with Gasteiger partial charge in [0.25, 0.3) is 5.91 Å². The number of carbonyl (C=O) groups is 1. The Bertz CT molecular complexity index is 670. The Morgan fingerprint density at radius 2 is 2.12 bits per heavy atom. The van der Waals surface area contributed by atoms with Gasteiger partial charge >= 0.3 is 0 Å². The summed E-state index contributed by atoms with van der Waals surface area (Å²) in [4.78, 5) is 18.5. The maximum absolute atomic E-state index is 12.7. The molecular formula is C19H22N2O4. The molecule has 1 aliphatic rings. The van der Waals surface area contributed by atoms with Crippen LogP contribution in [-0.2, 0) is 4.74 Å². The fraction of sp³-hybridized carbons (Fsp3) is 0.368. The largest absolute Gasteiger partial charge is 0.475 e. The van der Waals surface area contributed by atoms with Crippen LogP contribution in [0.1, 0.15) is 23.2 Å². The molecule has 2 aromatic rings. The first kappa shape index (κ1) is 17.4. The summed E-state index contributed by atoms with van der Waals surface area (Å²) < 4.78 is 11.1. The van der Waals surface area contributed by atoms with Crippen LogP contribution in [0.2, 0.25) is 0 Å². The van der Waals surface area contributed by atoms with Crippen LogP contribution in [0.4, 0.5) is 5.69 Å². The van der Waals surface area contributed by atoms with Crippen molar-refractivity contribution in [3.05, 3.63) is 54.2 Å². The van der Waals surface area contributed by atoms with E-state index in [1.807, 2.05) is 30.3 Å². The van der Waals surface area contributed by atoms with Crippen LogP contribution in [0, 0.1) is 0 Å². The molecular weight excluding hydrogens is 320 g/mol. The monoisotopic (exact) mass is 342 g/mol. The number of carbonyl (C=O) groups excluding carboxylic acids is 1. The van der Waals surface area contributed by atoms with Crippen molar-refractivity contribution in [2.75, 3.05) is 31.3 Å². The lowest BCUT2D eigenvalue weighted by molar-refractivity contribution is 0.0663. The van der Waals surface area contributed by atoms with Crippen LogP contribution in [0.5, 0.6) is 5.88 Å². The first-order valence-corrected chi connectivity index (χ1v) is 8.46. The predicted octanol–water partition coefficient (Wildman–Crippen LogP) is 2.28. The number of hydrogen-bond donors (Lipinski definition) is 1. The summed E-state index contributed by atoms with van der Waals surface area (Å²) in [6, 6.07) is 12.6. The van der Waals surface area contributed by atoms with E-state index in [2.05, 4.69) is 4.98 Å². The van der Waals surface area contributed by atoms with Gasteiger partial charge in [-0.15, -0.1) is 0 Å². The van der Waals surface area contributed by atoms with Crippen LogP contribution < -0.4 is 9.64 Å². The Labute approximate surface area is 147 Å². The number of hydrogen-bond acceptors (Lipinski definition) is 5. The molecule has 25 heavy (non-hydrogen) atoms. The van der Waals surface area contributed by atoms with Crippen LogP contribution >= 0.6 is 0 Å². The number of aliphatic hydroxyl groups excluding tert-OH is 1. The quantitative estimate of drug-likeness (QED) is 0.836. The zero-order chi connectivity index (χ0) is 17.5. The second-order valence-electron chi connectivity index (χ2n) is 5.85. The van der Waals surface area contributed by atoms with E-state index >= 15 is 0 Å². The molecule has 1 fully saturated rings. The maximum Gasteiger partial charge on any atom is 0.259 e. The van der Waals surface area contributed by atoms with Gasteiger partial charge in [-0.05, 0) is 31.0 Å². The van der Waals surface area contributed by atoms with Gasteiger partial charge in [0.05, 0.1) is 18.3 Å². The van der Waals surface area contributed by atoms with Gasteiger partial charge in [-0.3, -0.25) is 4.79 Å². The number of amides is 1. The molecule has 2 heterocycles. The molecule has 0 spiro atoms. The van der Waals surface area contributed by atoms with Crippen molar-refractivity contribution in [2.24, 2.45) is 0 Å². The lowest BCUT2D eigenvalue weighted by Gasteiger charge is -2.22. The average Bonchev–Trinajstić information content (AvgIpc) is 3.19. The van der Waals surface area contributed by atoms with Gasteiger partial charge in [-0.2, -0.15) is 0 Å². The Morgan fingerprint density at radius 3 is 2.76 bits per heavy atom. The fourth-order valence-electron chi connectivity index (χ4n) is 2.76. The van der Waals surface area contributed by atoms with Crippen molar-refractivity contribution in [1.29, 1.82) is 0 Å². The van der Waals surface area contributed by atoms with Crippen molar-refractivity contribution < 1.29 is 19.4 Å². The molecule has 0 bridgehead atoms. The smallest absolute Gasteiger partial charge is 0.259 e. The minimum absolute atomic E-state index is 0.114. The van der Waals surface area contributed by atoms with Gasteiger partial charge in [0, 0.05) is 31.1 Å². The molecule has 0 aliphatic carbocycles. The molecule has 6 nitrogen and oxygen atoms in total. The van der Waals surface area contributed by atoms with Gasteiger partial charge in [-0.25, -0.2) is 4.98 Å². The molecule has 0 unspecified atom stereocenters. The second-order valence-corrected chi connectivity index (χ2v) is 5.85. The van der Waals surface area contributed by atoms with E-state index in [4.69, 9.17) is 9.47 Å². The zero-order valence-corrected chi connectivity index (χ0v) is 14.0. The third-order valence-corrected chi connectivity index (χ3v) is 4.06. The van der Waals surface area contributed by atoms with E-state index < -0.39 is 0 Å². The van der Waals surface area contributed by atoms with E-state index in [1.165, 1.54) is 11.1 Å². The molecule has 1 N–H and O–H groups in total. The van der Waals surface area contributed by atoms with Crippen molar-refractivity contribution in [3.63, 3.8) is 0 Å². The van der Waals surface area contributed by atoms with Crippen LogP contribution in [0.3, 0.4) is 0 Å². The highest BCUT2D eigenvalue weighted by atomic mass is 16.5. The third kappa shape index (κ3) is 4.55. The van der Waals surface area contributed by atoms with Gasteiger partial charge in [-0.1, -0.05) is 18.2 Å². The normalized spacial score (nSPS) is 16.6. The summed E-state index contributed by atoms with van der Waals surface area (Å²) in [5.41, 5.74) is 1.18. The van der Waals surface area contributed by atoms with Gasteiger partial charge in [0.2, 0.25) is 5.88 Å². The summed E-state index contributed by atoms with van der Waals surface area (Å²) in [7, 11) is 0. The number of anilines is 1. The minimum Gasteiger partial charge on any atom is -0.475 e. The highest BCUT2D eigenvalue weighted by molar-refractivity contribution is 6.05. The van der Waals surface area contributed by atoms with E-state index in [0.29, 0.717) is 18.1 Å². The molecule has 1 saturated heterocycles. The molecule has 132 valence electrons. The summed E-state index contributed by atoms with van der Waals surface area (Å²) in [6.45, 7) is 1.37. The number of para-hydroxylation sites is 1. The molecule has 0 saturated carbocycles. The number of pyridine rings is 1. The van der Waals surface area contributed by atoms with Crippen molar-refractivity contribution in [1.82, 2.24) is 4.98 Å². The number of rotatable bonds is 7. The lowest BCUT2D eigenvalue weighted by atomic mass is 10.2. The van der Waals surface area contributed by atoms with E-state index in [-0.39, 0.29) is 25.2 Å². The van der Waals surface area contributed by atoms with E-state index in [1.54, 1.807) is 12.1 Å². The standard InChI is InChI=1S/C19H22N2O4/c22-11-10-21(16-5-2-1-3-6-16)19(23)15-8-9-18(20-13-15)25-14-17-7-4-12-24-17/h1-3,5-6,8-9,13,17,22H,4,7,10-12,14H2/t17-/m0/s1. The minimum atomic E-state index is -0.210. The Hall–Kier alpha value is -2.44.